The molecule has 21 heavy (non-hydrogen) atoms. The average Bonchev–Trinajstić information content (AvgIpc) is 2.83. The number of aromatic nitrogens is 3. The van der Waals surface area contributed by atoms with Gasteiger partial charge in [0.25, 0.3) is 0 Å². The summed E-state index contributed by atoms with van der Waals surface area (Å²) in [5, 5.41) is 11.5. The van der Waals surface area contributed by atoms with Crippen molar-refractivity contribution in [1.29, 1.82) is 0 Å². The zero-order chi connectivity index (χ0) is 15.2. The Morgan fingerprint density at radius 2 is 2.05 bits per heavy atom. The van der Waals surface area contributed by atoms with E-state index in [1.165, 1.54) is 0 Å². The van der Waals surface area contributed by atoms with Gasteiger partial charge in [0.2, 0.25) is 4.77 Å². The molecular weight excluding hydrogens is 282 g/mol. The van der Waals surface area contributed by atoms with E-state index in [0.717, 1.165) is 36.3 Å². The molecule has 0 unspecified atom stereocenters. The van der Waals surface area contributed by atoms with Crippen LogP contribution in [-0.2, 0) is 6.42 Å². The molecule has 1 aromatic carbocycles. The fourth-order valence-corrected chi connectivity index (χ4v) is 2.12. The number of H-pyrrole nitrogens is 1. The van der Waals surface area contributed by atoms with Crippen molar-refractivity contribution in [2.45, 2.75) is 26.2 Å². The summed E-state index contributed by atoms with van der Waals surface area (Å²) in [5.41, 5.74) is 2.20. The summed E-state index contributed by atoms with van der Waals surface area (Å²) in [6.45, 7) is 2.15. The third kappa shape index (κ3) is 4.01. The number of hydrogen-bond acceptors (Lipinski definition) is 4. The van der Waals surface area contributed by atoms with Crippen molar-refractivity contribution in [2.75, 3.05) is 19.0 Å². The van der Waals surface area contributed by atoms with Crippen molar-refractivity contribution in [2.24, 2.45) is 5.10 Å². The minimum absolute atomic E-state index is 0.530. The molecule has 2 rings (SSSR count). The van der Waals surface area contributed by atoms with E-state index in [9.17, 15) is 0 Å². The lowest BCUT2D eigenvalue weighted by atomic mass is 10.2. The number of nitrogens with zero attached hydrogens (tertiary/aromatic N) is 4. The second kappa shape index (κ2) is 7.17. The maximum atomic E-state index is 5.22. The van der Waals surface area contributed by atoms with Crippen LogP contribution in [0.4, 0.5) is 5.69 Å². The summed E-state index contributed by atoms with van der Waals surface area (Å²) in [5.74, 6) is 0.878. The highest BCUT2D eigenvalue weighted by Crippen LogP contribution is 2.11. The Bertz CT molecular complexity index is 651. The van der Waals surface area contributed by atoms with Gasteiger partial charge in [-0.1, -0.05) is 25.5 Å². The molecule has 5 nitrogen and oxygen atoms in total. The summed E-state index contributed by atoms with van der Waals surface area (Å²) in [4.78, 5) is 2.07. The number of nitrogens with one attached hydrogen (secondary N) is 1. The van der Waals surface area contributed by atoms with E-state index in [-0.39, 0.29) is 0 Å². The first-order chi connectivity index (χ1) is 10.1. The number of aryl methyl sites for hydroxylation is 1. The summed E-state index contributed by atoms with van der Waals surface area (Å²) in [6, 6.07) is 8.20. The van der Waals surface area contributed by atoms with Crippen LogP contribution in [0.1, 0.15) is 31.2 Å². The highest BCUT2D eigenvalue weighted by molar-refractivity contribution is 7.71. The third-order valence-corrected chi connectivity index (χ3v) is 3.47. The Balaban J connectivity index is 2.17. The second-order valence-corrected chi connectivity index (χ2v) is 5.48. The van der Waals surface area contributed by atoms with Gasteiger partial charge in [0, 0.05) is 26.2 Å². The van der Waals surface area contributed by atoms with Gasteiger partial charge in [0.15, 0.2) is 5.82 Å². The van der Waals surface area contributed by atoms with E-state index in [1.807, 2.05) is 26.2 Å². The first-order valence-electron chi connectivity index (χ1n) is 7.10. The SMILES string of the molecule is CCCCc1n[nH]c(=S)n1/N=C\c1ccc(N(C)C)cc1. The molecule has 0 spiro atoms. The Kier molecular flexibility index (Phi) is 5.27. The Morgan fingerprint density at radius 1 is 1.33 bits per heavy atom. The Hall–Kier alpha value is -1.95. The normalized spacial score (nSPS) is 11.2. The summed E-state index contributed by atoms with van der Waals surface area (Å²) < 4.78 is 2.23. The van der Waals surface area contributed by atoms with Gasteiger partial charge in [-0.3, -0.25) is 5.10 Å². The van der Waals surface area contributed by atoms with Crippen LogP contribution in [-0.4, -0.2) is 35.2 Å². The van der Waals surface area contributed by atoms with Crippen molar-refractivity contribution in [1.82, 2.24) is 14.9 Å². The molecule has 0 amide bonds. The number of aromatic amines is 1. The molecule has 6 heteroatoms. The quantitative estimate of drug-likeness (QED) is 0.658. The largest absolute Gasteiger partial charge is 0.378 e. The summed E-state index contributed by atoms with van der Waals surface area (Å²) in [7, 11) is 4.04. The molecule has 1 heterocycles. The zero-order valence-electron chi connectivity index (χ0n) is 12.7. The molecule has 0 fully saturated rings. The first kappa shape index (κ1) is 15.4. The van der Waals surface area contributed by atoms with Crippen molar-refractivity contribution in [3.8, 4) is 0 Å². The minimum Gasteiger partial charge on any atom is -0.378 e. The summed E-state index contributed by atoms with van der Waals surface area (Å²) in [6.07, 6.45) is 4.88. The lowest BCUT2D eigenvalue weighted by Gasteiger charge is -2.11. The molecule has 0 aliphatic rings. The van der Waals surface area contributed by atoms with Crippen molar-refractivity contribution in [3.63, 3.8) is 0 Å². The molecule has 0 aliphatic heterocycles. The van der Waals surface area contributed by atoms with Crippen LogP contribution in [0.25, 0.3) is 0 Å². The van der Waals surface area contributed by atoms with Gasteiger partial charge in [-0.05, 0) is 36.3 Å². The van der Waals surface area contributed by atoms with Crippen LogP contribution in [0.5, 0.6) is 0 Å². The average molecular weight is 303 g/mol. The van der Waals surface area contributed by atoms with Crippen molar-refractivity contribution in [3.05, 3.63) is 40.4 Å². The molecule has 2 aromatic rings. The molecule has 1 N–H and O–H groups in total. The van der Waals surface area contributed by atoms with E-state index in [0.29, 0.717) is 4.77 Å². The highest BCUT2D eigenvalue weighted by Gasteiger charge is 2.03. The van der Waals surface area contributed by atoms with Gasteiger partial charge in [-0.2, -0.15) is 14.9 Å². The van der Waals surface area contributed by atoms with E-state index in [4.69, 9.17) is 12.2 Å². The van der Waals surface area contributed by atoms with Crippen molar-refractivity contribution >= 4 is 24.1 Å². The molecule has 112 valence electrons. The highest BCUT2D eigenvalue weighted by atomic mass is 32.1. The van der Waals surface area contributed by atoms with Gasteiger partial charge in [-0.25, -0.2) is 0 Å². The lowest BCUT2D eigenvalue weighted by molar-refractivity contribution is 0.700. The molecule has 0 aliphatic carbocycles. The fraction of sp³-hybridized carbons (Fsp3) is 0.400. The maximum Gasteiger partial charge on any atom is 0.216 e. The minimum atomic E-state index is 0.530. The van der Waals surface area contributed by atoms with Gasteiger partial charge >= 0.3 is 0 Å². The molecule has 0 saturated heterocycles. The standard InChI is InChI=1S/C15H21N5S/c1-4-5-6-14-17-18-15(21)20(14)16-11-12-7-9-13(10-8-12)19(2)3/h7-11H,4-6H2,1-3H3,(H,18,21)/b16-11-. The van der Waals surface area contributed by atoms with Crippen molar-refractivity contribution < 1.29 is 0 Å². The lowest BCUT2D eigenvalue weighted by Crippen LogP contribution is -2.08. The number of hydrogen-bond donors (Lipinski definition) is 1. The number of benzene rings is 1. The smallest absolute Gasteiger partial charge is 0.216 e. The molecule has 0 atom stereocenters. The Labute approximate surface area is 130 Å². The van der Waals surface area contributed by atoms with E-state index < -0.39 is 0 Å². The molecule has 0 radical (unpaired) electrons. The number of anilines is 1. The van der Waals surface area contributed by atoms with Crippen LogP contribution in [0.15, 0.2) is 29.4 Å². The predicted octanol–water partition coefficient (Wildman–Crippen LogP) is 3.23. The number of rotatable bonds is 6. The third-order valence-electron chi connectivity index (χ3n) is 3.20. The maximum absolute atomic E-state index is 5.22. The van der Waals surface area contributed by atoms with E-state index in [1.54, 1.807) is 10.9 Å². The van der Waals surface area contributed by atoms with Gasteiger partial charge in [0.05, 0.1) is 6.21 Å². The van der Waals surface area contributed by atoms with Crippen LogP contribution < -0.4 is 4.90 Å². The van der Waals surface area contributed by atoms with Gasteiger partial charge in [0.1, 0.15) is 0 Å². The predicted molar refractivity (Wildman–Crippen MR) is 89.8 cm³/mol. The van der Waals surface area contributed by atoms with Gasteiger partial charge in [-0.15, -0.1) is 0 Å². The van der Waals surface area contributed by atoms with Crippen LogP contribution >= 0.6 is 12.2 Å². The van der Waals surface area contributed by atoms with Gasteiger partial charge < -0.3 is 4.90 Å². The van der Waals surface area contributed by atoms with E-state index >= 15 is 0 Å². The molecule has 0 saturated carbocycles. The first-order valence-corrected chi connectivity index (χ1v) is 7.50. The second-order valence-electron chi connectivity index (χ2n) is 5.09. The van der Waals surface area contributed by atoms with Crippen LogP contribution in [0.2, 0.25) is 0 Å². The summed E-state index contributed by atoms with van der Waals surface area (Å²) >= 11 is 5.22. The number of unbranched alkanes of at least 4 members (excludes halogenated alkanes) is 1. The molecule has 0 bridgehead atoms. The monoisotopic (exact) mass is 303 g/mol. The van der Waals surface area contributed by atoms with E-state index in [2.05, 4.69) is 39.3 Å². The topological polar surface area (TPSA) is 49.2 Å². The zero-order valence-corrected chi connectivity index (χ0v) is 13.5. The molecule has 1 aromatic heterocycles. The Morgan fingerprint density at radius 3 is 2.67 bits per heavy atom. The molecular formula is C15H21N5S. The fourth-order valence-electron chi connectivity index (χ4n) is 1.92. The van der Waals surface area contributed by atoms with Crippen LogP contribution in [0.3, 0.4) is 0 Å². The van der Waals surface area contributed by atoms with Crippen LogP contribution in [0, 0.1) is 4.77 Å².